The van der Waals surface area contributed by atoms with Crippen LogP contribution in [0.5, 0.6) is 0 Å². The summed E-state index contributed by atoms with van der Waals surface area (Å²) >= 11 is 0. The summed E-state index contributed by atoms with van der Waals surface area (Å²) < 4.78 is 29.0. The Labute approximate surface area is 200 Å². The number of hydrogen-bond donors (Lipinski definition) is 0. The van der Waals surface area contributed by atoms with E-state index >= 15 is 0 Å². The summed E-state index contributed by atoms with van der Waals surface area (Å²) in [6, 6.07) is 10.6. The van der Waals surface area contributed by atoms with E-state index in [0.29, 0.717) is 26.1 Å². The maximum absolute atomic E-state index is 12.2. The van der Waals surface area contributed by atoms with Gasteiger partial charge in [0.2, 0.25) is 5.91 Å². The van der Waals surface area contributed by atoms with E-state index in [4.69, 9.17) is 9.57 Å². The number of carbonyl (C=O) groups is 1. The average molecular weight is 483 g/mol. The predicted molar refractivity (Wildman–Crippen MR) is 129 cm³/mol. The highest BCUT2D eigenvalue weighted by Crippen LogP contribution is 2.44. The Morgan fingerprint density at radius 2 is 1.79 bits per heavy atom. The molecule has 34 heavy (non-hydrogen) atoms. The minimum Gasteiger partial charge on any atom is -0.384 e. The molecule has 1 fully saturated rings. The molecule has 3 aliphatic heterocycles. The van der Waals surface area contributed by atoms with Crippen molar-refractivity contribution >= 4 is 21.5 Å². The minimum atomic E-state index is -3.35. The Hall–Kier alpha value is -2.71. The van der Waals surface area contributed by atoms with Crippen LogP contribution >= 0.6 is 0 Å². The molecule has 7 nitrogen and oxygen atoms in total. The third-order valence-electron chi connectivity index (χ3n) is 7.46. The molecule has 1 spiro atoms. The van der Waals surface area contributed by atoms with Crippen LogP contribution in [0.25, 0.3) is 0 Å². The van der Waals surface area contributed by atoms with Gasteiger partial charge in [0.15, 0.2) is 15.4 Å². The van der Waals surface area contributed by atoms with Crippen LogP contribution in [0.1, 0.15) is 52.3 Å². The summed E-state index contributed by atoms with van der Waals surface area (Å²) in [5.41, 5.74) is 7.92. The first-order valence-electron chi connectivity index (χ1n) is 11.5. The van der Waals surface area contributed by atoms with Gasteiger partial charge in [-0.05, 0) is 72.7 Å². The molecule has 1 saturated heterocycles. The van der Waals surface area contributed by atoms with Crippen molar-refractivity contribution < 1.29 is 22.8 Å². The molecule has 2 aromatic rings. The van der Waals surface area contributed by atoms with E-state index in [0.717, 1.165) is 34.2 Å². The minimum absolute atomic E-state index is 0.375. The average Bonchev–Trinajstić information content (AvgIpc) is 3.31. The number of carbonyl (C=O) groups excluding carboxylic acids is 1. The Morgan fingerprint density at radius 1 is 1.12 bits per heavy atom. The van der Waals surface area contributed by atoms with Gasteiger partial charge in [-0.1, -0.05) is 29.4 Å². The molecule has 8 heteroatoms. The third kappa shape index (κ3) is 3.82. The van der Waals surface area contributed by atoms with Gasteiger partial charge in [0.25, 0.3) is 0 Å². The van der Waals surface area contributed by atoms with E-state index in [2.05, 4.69) is 57.1 Å². The summed E-state index contributed by atoms with van der Waals surface area (Å²) in [6.07, 6.45) is 1.75. The van der Waals surface area contributed by atoms with Crippen molar-refractivity contribution in [2.24, 2.45) is 5.16 Å². The van der Waals surface area contributed by atoms with E-state index in [9.17, 15) is 13.2 Å². The monoisotopic (exact) mass is 482 g/mol. The van der Waals surface area contributed by atoms with Crippen LogP contribution in [0.3, 0.4) is 0 Å². The van der Waals surface area contributed by atoms with Gasteiger partial charge < -0.3 is 14.5 Å². The van der Waals surface area contributed by atoms with E-state index < -0.39 is 26.8 Å². The molecule has 0 radical (unpaired) electrons. The predicted octanol–water partition coefficient (Wildman–Crippen LogP) is 3.26. The summed E-state index contributed by atoms with van der Waals surface area (Å²) in [4.78, 5) is 19.8. The van der Waals surface area contributed by atoms with Gasteiger partial charge in [0, 0.05) is 12.7 Å². The Bertz CT molecular complexity index is 1320. The molecule has 5 rings (SSSR count). The number of likely N-dealkylation sites (tertiary alicyclic amines) is 1. The topological polar surface area (TPSA) is 85.3 Å². The first kappa shape index (κ1) is 23.1. The van der Waals surface area contributed by atoms with Crippen molar-refractivity contribution in [3.05, 3.63) is 69.3 Å². The van der Waals surface area contributed by atoms with Crippen molar-refractivity contribution in [1.82, 2.24) is 4.90 Å². The lowest BCUT2D eigenvalue weighted by molar-refractivity contribution is -0.166. The molecule has 2 aromatic carbocycles. The van der Waals surface area contributed by atoms with Gasteiger partial charge in [-0.2, -0.15) is 0 Å². The van der Waals surface area contributed by atoms with Crippen molar-refractivity contribution in [2.45, 2.75) is 51.9 Å². The molecular weight excluding hydrogens is 452 g/mol. The highest BCUT2D eigenvalue weighted by atomic mass is 32.2. The molecule has 0 aliphatic carbocycles. The van der Waals surface area contributed by atoms with Crippen LogP contribution in [0.4, 0.5) is 0 Å². The first-order valence-corrected chi connectivity index (χ1v) is 13.5. The number of benzene rings is 2. The maximum atomic E-state index is 12.2. The summed E-state index contributed by atoms with van der Waals surface area (Å²) in [5.74, 6) is -0.840. The second-order valence-electron chi connectivity index (χ2n) is 10.2. The summed E-state index contributed by atoms with van der Waals surface area (Å²) in [6.45, 7) is 9.67. The number of ether oxygens (including phenoxy) is 1. The van der Waals surface area contributed by atoms with Crippen LogP contribution in [0, 0.1) is 20.8 Å². The normalized spacial score (nSPS) is 22.9. The van der Waals surface area contributed by atoms with Crippen LogP contribution in [0.15, 0.2) is 35.5 Å². The summed E-state index contributed by atoms with van der Waals surface area (Å²) in [7, 11) is -3.35. The van der Waals surface area contributed by atoms with E-state index in [-0.39, 0.29) is 5.91 Å². The highest BCUT2D eigenvalue weighted by molar-refractivity contribution is 7.91. The number of rotatable bonds is 4. The second-order valence-corrected chi connectivity index (χ2v) is 12.4. The Kier molecular flexibility index (Phi) is 5.19. The maximum Gasteiger partial charge on any atom is 0.237 e. The van der Waals surface area contributed by atoms with Crippen molar-refractivity contribution in [2.75, 3.05) is 25.1 Å². The molecule has 0 N–H and O–H groups in total. The van der Waals surface area contributed by atoms with Gasteiger partial charge in [-0.3, -0.25) is 4.79 Å². The standard InChI is InChI=1S/C26H30N2O5S/c1-16-8-21(9-17(2)18(16)3)25(4)11-23(27-33-25)19-6-7-22-20(10-19)12-32-26(22)14-28(15-26)24(29)13-34(5,30)31/h6-10H,11-15H2,1-5H3/t25-/m0/s1. The molecule has 1 amide bonds. The second kappa shape index (κ2) is 7.65. The molecule has 0 unspecified atom stereocenters. The Balaban J connectivity index is 1.32. The van der Waals surface area contributed by atoms with Gasteiger partial charge >= 0.3 is 0 Å². The zero-order valence-corrected chi connectivity index (χ0v) is 21.1. The lowest BCUT2D eigenvalue weighted by Gasteiger charge is -2.47. The quantitative estimate of drug-likeness (QED) is 0.668. The lowest BCUT2D eigenvalue weighted by Crippen LogP contribution is -2.62. The zero-order valence-electron chi connectivity index (χ0n) is 20.3. The van der Waals surface area contributed by atoms with Crippen LogP contribution in [0.2, 0.25) is 0 Å². The fraction of sp³-hybridized carbons (Fsp3) is 0.462. The fourth-order valence-electron chi connectivity index (χ4n) is 5.15. The fourth-order valence-corrected chi connectivity index (χ4v) is 5.78. The Morgan fingerprint density at radius 3 is 2.44 bits per heavy atom. The molecule has 0 aromatic heterocycles. The van der Waals surface area contributed by atoms with Crippen LogP contribution < -0.4 is 0 Å². The van der Waals surface area contributed by atoms with Gasteiger partial charge in [0.1, 0.15) is 11.4 Å². The number of fused-ring (bicyclic) bond motifs is 2. The van der Waals surface area contributed by atoms with Crippen LogP contribution in [-0.4, -0.2) is 50.0 Å². The molecule has 180 valence electrons. The molecule has 1 atom stereocenters. The van der Waals surface area contributed by atoms with Gasteiger partial charge in [0.05, 0.1) is 25.4 Å². The summed E-state index contributed by atoms with van der Waals surface area (Å²) in [5, 5.41) is 4.45. The van der Waals surface area contributed by atoms with Crippen molar-refractivity contribution in [3.8, 4) is 0 Å². The van der Waals surface area contributed by atoms with E-state index in [1.807, 2.05) is 6.07 Å². The third-order valence-corrected chi connectivity index (χ3v) is 8.24. The van der Waals surface area contributed by atoms with Crippen molar-refractivity contribution in [3.63, 3.8) is 0 Å². The zero-order chi connectivity index (χ0) is 24.5. The van der Waals surface area contributed by atoms with E-state index in [1.54, 1.807) is 4.90 Å². The smallest absolute Gasteiger partial charge is 0.237 e. The molecule has 0 bridgehead atoms. The van der Waals surface area contributed by atoms with Crippen molar-refractivity contribution in [1.29, 1.82) is 0 Å². The molecule has 0 saturated carbocycles. The molecular formula is C26H30N2O5S. The van der Waals surface area contributed by atoms with Gasteiger partial charge in [-0.25, -0.2) is 8.42 Å². The number of amides is 1. The molecule has 3 aliphatic rings. The largest absolute Gasteiger partial charge is 0.384 e. The van der Waals surface area contributed by atoms with Crippen LogP contribution in [-0.2, 0) is 42.0 Å². The molecule has 3 heterocycles. The number of oxime groups is 1. The number of nitrogens with zero attached hydrogens (tertiary/aromatic N) is 2. The number of aryl methyl sites for hydroxylation is 2. The number of sulfone groups is 1. The lowest BCUT2D eigenvalue weighted by atomic mass is 9.83. The first-order chi connectivity index (χ1) is 15.9. The highest BCUT2D eigenvalue weighted by Gasteiger charge is 2.52. The van der Waals surface area contributed by atoms with Gasteiger partial charge in [-0.15, -0.1) is 0 Å². The number of hydrogen-bond acceptors (Lipinski definition) is 6. The SMILES string of the molecule is Cc1cc([C@]2(C)CC(c3ccc4c(c3)COC43CN(C(=O)CS(C)(=O)=O)C3)=NO2)cc(C)c1C. The van der Waals surface area contributed by atoms with E-state index in [1.165, 1.54) is 16.7 Å².